The minimum Gasteiger partial charge on any atom is -0.478 e. The van der Waals surface area contributed by atoms with Gasteiger partial charge in [0.1, 0.15) is 0 Å². The van der Waals surface area contributed by atoms with E-state index in [-0.39, 0.29) is 13.4 Å². The van der Waals surface area contributed by atoms with E-state index < -0.39 is 5.97 Å². The Labute approximate surface area is 109 Å². The van der Waals surface area contributed by atoms with Gasteiger partial charge in [0.2, 0.25) is 0 Å². The molecular formula is C14H22O4. The lowest BCUT2D eigenvalue weighted by Crippen LogP contribution is -1.94. The van der Waals surface area contributed by atoms with Gasteiger partial charge >= 0.3 is 11.9 Å². The number of allylic oxidation sites excluding steroid dienone is 4. The van der Waals surface area contributed by atoms with Gasteiger partial charge in [0, 0.05) is 12.2 Å². The first-order valence-electron chi connectivity index (χ1n) is 4.79. The van der Waals surface area contributed by atoms with Crippen molar-refractivity contribution in [3.8, 4) is 0 Å². The zero-order valence-electron chi connectivity index (χ0n) is 10.4. The zero-order chi connectivity index (χ0) is 13.8. The fourth-order valence-electron chi connectivity index (χ4n) is 0.557. The van der Waals surface area contributed by atoms with Gasteiger partial charge in [-0.1, -0.05) is 32.7 Å². The summed E-state index contributed by atoms with van der Waals surface area (Å²) < 4.78 is 4.36. The molecule has 4 nitrogen and oxygen atoms in total. The molecule has 0 aliphatic heterocycles. The van der Waals surface area contributed by atoms with E-state index >= 15 is 0 Å². The molecule has 0 amide bonds. The Morgan fingerprint density at radius 2 is 1.44 bits per heavy atom. The summed E-state index contributed by atoms with van der Waals surface area (Å²) in [6, 6.07) is 0. The highest BCUT2D eigenvalue weighted by molar-refractivity contribution is 5.83. The number of carboxylic acid groups (broad SMARTS) is 1. The SMILES string of the molecule is C.C=C/C(C)=C\C(=O)O.C=C/C(C)=C\C(=O)OC. The Balaban J connectivity index is -0.000000238. The van der Waals surface area contributed by atoms with Crippen molar-refractivity contribution in [1.29, 1.82) is 0 Å². The number of hydrogen-bond donors (Lipinski definition) is 1. The van der Waals surface area contributed by atoms with Crippen LogP contribution in [0, 0.1) is 0 Å². The van der Waals surface area contributed by atoms with E-state index in [1.807, 2.05) is 0 Å². The first-order valence-corrected chi connectivity index (χ1v) is 4.79. The molecule has 0 saturated carbocycles. The van der Waals surface area contributed by atoms with Crippen LogP contribution in [0.15, 0.2) is 48.6 Å². The van der Waals surface area contributed by atoms with Crippen LogP contribution in [0.3, 0.4) is 0 Å². The number of methoxy groups -OCH3 is 1. The maximum absolute atomic E-state index is 10.4. The average Bonchev–Trinajstić information content (AvgIpc) is 2.28. The number of carbonyl (C=O) groups excluding carboxylic acids is 1. The van der Waals surface area contributed by atoms with Crippen LogP contribution in [0.5, 0.6) is 0 Å². The van der Waals surface area contributed by atoms with Crippen molar-refractivity contribution in [1.82, 2.24) is 0 Å². The standard InChI is InChI=1S/C7H10O2.C6H8O2.CH4/c1-4-6(2)5-7(8)9-3;1-3-5(2)4-6(7)8;/h4-5H,1H2,2-3H3;3-4H,1H2,2H3,(H,7,8);1H4/b6-5-;5-4-;. The Kier molecular flexibility index (Phi) is 15.3. The topological polar surface area (TPSA) is 63.6 Å². The fourth-order valence-corrected chi connectivity index (χ4v) is 0.557. The first-order chi connectivity index (χ1) is 7.87. The van der Waals surface area contributed by atoms with Gasteiger partial charge in [0.15, 0.2) is 0 Å². The van der Waals surface area contributed by atoms with Crippen LogP contribution in [0.4, 0.5) is 0 Å². The summed E-state index contributed by atoms with van der Waals surface area (Å²) in [6.45, 7) is 10.3. The Hall–Kier alpha value is -2.10. The number of aliphatic carboxylic acids is 1. The third-order valence-corrected chi connectivity index (χ3v) is 1.54. The lowest BCUT2D eigenvalue weighted by Gasteiger charge is -1.90. The van der Waals surface area contributed by atoms with Gasteiger partial charge in [-0.25, -0.2) is 9.59 Å². The van der Waals surface area contributed by atoms with Crippen LogP contribution in [0.2, 0.25) is 0 Å². The molecule has 0 rings (SSSR count). The van der Waals surface area contributed by atoms with E-state index in [1.165, 1.54) is 19.3 Å². The lowest BCUT2D eigenvalue weighted by molar-refractivity contribution is -0.135. The quantitative estimate of drug-likeness (QED) is 0.475. The molecule has 0 aromatic rings. The normalized spacial score (nSPS) is 10.2. The van der Waals surface area contributed by atoms with Crippen molar-refractivity contribution in [2.75, 3.05) is 7.11 Å². The predicted octanol–water partition coefficient (Wildman–Crippen LogP) is 3.13. The molecule has 0 unspecified atom stereocenters. The summed E-state index contributed by atoms with van der Waals surface area (Å²) in [6.07, 6.45) is 5.57. The number of carbonyl (C=O) groups is 2. The molecule has 0 aromatic heterocycles. The van der Waals surface area contributed by atoms with Crippen LogP contribution in [0.1, 0.15) is 21.3 Å². The largest absolute Gasteiger partial charge is 0.478 e. The number of hydrogen-bond acceptors (Lipinski definition) is 3. The molecule has 0 fully saturated rings. The first kappa shape index (κ1) is 21.2. The zero-order valence-corrected chi connectivity index (χ0v) is 10.4. The van der Waals surface area contributed by atoms with Crippen molar-refractivity contribution in [2.24, 2.45) is 0 Å². The van der Waals surface area contributed by atoms with E-state index in [4.69, 9.17) is 5.11 Å². The van der Waals surface area contributed by atoms with Crippen LogP contribution in [-0.2, 0) is 14.3 Å². The number of carboxylic acids is 1. The summed E-state index contributed by atoms with van der Waals surface area (Å²) in [5.41, 5.74) is 1.47. The number of esters is 1. The van der Waals surface area contributed by atoms with E-state index in [1.54, 1.807) is 19.9 Å². The number of ether oxygens (including phenoxy) is 1. The third kappa shape index (κ3) is 16.3. The smallest absolute Gasteiger partial charge is 0.330 e. The second-order valence-corrected chi connectivity index (χ2v) is 3.05. The Morgan fingerprint density at radius 1 is 1.06 bits per heavy atom. The van der Waals surface area contributed by atoms with E-state index in [2.05, 4.69) is 17.9 Å². The van der Waals surface area contributed by atoms with E-state index in [0.29, 0.717) is 5.57 Å². The molecule has 0 aliphatic carbocycles. The molecule has 0 aromatic carbocycles. The number of rotatable bonds is 4. The Bertz CT molecular complexity index is 349. The molecule has 0 heterocycles. The van der Waals surface area contributed by atoms with Crippen molar-refractivity contribution in [2.45, 2.75) is 21.3 Å². The Morgan fingerprint density at radius 3 is 1.67 bits per heavy atom. The molecule has 0 atom stereocenters. The highest BCUT2D eigenvalue weighted by atomic mass is 16.5. The van der Waals surface area contributed by atoms with Gasteiger partial charge < -0.3 is 9.84 Å². The van der Waals surface area contributed by atoms with Crippen molar-refractivity contribution in [3.05, 3.63) is 48.6 Å². The van der Waals surface area contributed by atoms with Crippen LogP contribution >= 0.6 is 0 Å². The average molecular weight is 254 g/mol. The molecule has 1 N–H and O–H groups in total. The summed E-state index contributed by atoms with van der Waals surface area (Å²) in [4.78, 5) is 20.3. The molecule has 0 aliphatic rings. The highest BCUT2D eigenvalue weighted by Crippen LogP contribution is 1.92. The monoisotopic (exact) mass is 254 g/mol. The third-order valence-electron chi connectivity index (χ3n) is 1.54. The highest BCUT2D eigenvalue weighted by Gasteiger charge is 1.90. The van der Waals surface area contributed by atoms with Gasteiger partial charge in [0.25, 0.3) is 0 Å². The van der Waals surface area contributed by atoms with Crippen LogP contribution in [0.25, 0.3) is 0 Å². The second-order valence-electron chi connectivity index (χ2n) is 3.05. The van der Waals surface area contributed by atoms with E-state index in [9.17, 15) is 9.59 Å². The molecule has 0 saturated heterocycles. The molecular weight excluding hydrogens is 232 g/mol. The van der Waals surface area contributed by atoms with Gasteiger partial charge in [-0.2, -0.15) is 0 Å². The fraction of sp³-hybridized carbons (Fsp3) is 0.286. The maximum Gasteiger partial charge on any atom is 0.330 e. The van der Waals surface area contributed by atoms with Gasteiger partial charge in [-0.3, -0.25) is 0 Å². The molecule has 18 heavy (non-hydrogen) atoms. The van der Waals surface area contributed by atoms with Gasteiger partial charge in [-0.05, 0) is 25.0 Å². The second kappa shape index (κ2) is 13.0. The van der Waals surface area contributed by atoms with Crippen LogP contribution < -0.4 is 0 Å². The summed E-state index contributed by atoms with van der Waals surface area (Å²) in [5, 5.41) is 8.09. The van der Waals surface area contributed by atoms with Gasteiger partial charge in [0.05, 0.1) is 7.11 Å². The van der Waals surface area contributed by atoms with Crippen molar-refractivity contribution >= 4 is 11.9 Å². The predicted molar refractivity (Wildman–Crippen MR) is 74.3 cm³/mol. The molecule has 0 bridgehead atoms. The summed E-state index contributed by atoms with van der Waals surface area (Å²) in [7, 11) is 1.34. The summed E-state index contributed by atoms with van der Waals surface area (Å²) in [5.74, 6) is -1.27. The summed E-state index contributed by atoms with van der Waals surface area (Å²) >= 11 is 0. The molecule has 102 valence electrons. The van der Waals surface area contributed by atoms with Crippen molar-refractivity contribution in [3.63, 3.8) is 0 Å². The minimum atomic E-state index is -0.928. The maximum atomic E-state index is 10.4. The molecule has 0 spiro atoms. The van der Waals surface area contributed by atoms with E-state index in [0.717, 1.165) is 11.6 Å². The van der Waals surface area contributed by atoms with Crippen LogP contribution in [-0.4, -0.2) is 24.2 Å². The lowest BCUT2D eigenvalue weighted by atomic mass is 10.3. The minimum absolute atomic E-state index is 0. The molecule has 0 radical (unpaired) electrons. The molecule has 4 heteroatoms. The van der Waals surface area contributed by atoms with Gasteiger partial charge in [-0.15, -0.1) is 0 Å². The van der Waals surface area contributed by atoms with Crippen molar-refractivity contribution < 1.29 is 19.4 Å².